The highest BCUT2D eigenvalue weighted by atomic mass is 15.2. The first-order valence-corrected chi connectivity index (χ1v) is 8.63. The smallest absolute Gasteiger partial charge is 0.0453 e. The van der Waals surface area contributed by atoms with Gasteiger partial charge in [-0.05, 0) is 62.4 Å². The normalized spacial score (nSPS) is 12.8. The molecule has 0 fully saturated rings. The Kier molecular flexibility index (Phi) is 5.36. The van der Waals surface area contributed by atoms with E-state index in [-0.39, 0.29) is 5.54 Å². The van der Waals surface area contributed by atoms with Gasteiger partial charge in [0.25, 0.3) is 0 Å². The molecule has 23 heavy (non-hydrogen) atoms. The largest absolute Gasteiger partial charge is 0.361 e. The quantitative estimate of drug-likeness (QED) is 0.748. The Labute approximate surface area is 141 Å². The molecule has 1 N–H and O–H groups in total. The average Bonchev–Trinajstić information content (AvgIpc) is 2.96. The summed E-state index contributed by atoms with van der Waals surface area (Å²) in [5.41, 5.74) is 4.36. The van der Waals surface area contributed by atoms with E-state index in [1.165, 1.54) is 23.2 Å². The van der Waals surface area contributed by atoms with Crippen molar-refractivity contribution in [3.05, 3.63) is 48.2 Å². The monoisotopic (exact) mass is 312 g/mol. The molecule has 0 aliphatic rings. The molecule has 0 atom stereocenters. The van der Waals surface area contributed by atoms with Crippen molar-refractivity contribution < 1.29 is 0 Å². The summed E-state index contributed by atoms with van der Waals surface area (Å²) in [5, 5.41) is 0. The third kappa shape index (κ3) is 5.54. The second-order valence-corrected chi connectivity index (χ2v) is 8.68. The molecule has 2 heteroatoms. The maximum Gasteiger partial charge on any atom is 0.0453 e. The highest BCUT2D eigenvalue weighted by Crippen LogP contribution is 2.25. The number of hydrogen-bond acceptors (Lipinski definition) is 1. The van der Waals surface area contributed by atoms with Crippen LogP contribution in [0.4, 0.5) is 0 Å². The molecule has 0 spiro atoms. The van der Waals surface area contributed by atoms with Crippen molar-refractivity contribution in [1.82, 2.24) is 9.88 Å². The SMILES string of the molecule is CC(C)(C)CCN(Cc1ccc(-c2ccc[nH]2)cc1)C(C)(C)C. The molecular formula is C21H32N2. The number of nitrogens with zero attached hydrogens (tertiary/aromatic N) is 1. The van der Waals surface area contributed by atoms with E-state index in [2.05, 4.69) is 81.8 Å². The number of aromatic amines is 1. The molecule has 0 amide bonds. The summed E-state index contributed by atoms with van der Waals surface area (Å²) in [6.45, 7) is 16.0. The van der Waals surface area contributed by atoms with Crippen molar-refractivity contribution in [2.24, 2.45) is 5.41 Å². The average molecular weight is 313 g/mol. The van der Waals surface area contributed by atoms with Crippen molar-refractivity contribution in [2.75, 3.05) is 6.54 Å². The van der Waals surface area contributed by atoms with Crippen molar-refractivity contribution in [1.29, 1.82) is 0 Å². The molecule has 0 saturated carbocycles. The Hall–Kier alpha value is -1.54. The molecule has 2 aromatic rings. The molecule has 2 rings (SSSR count). The molecule has 0 bridgehead atoms. The van der Waals surface area contributed by atoms with E-state index in [9.17, 15) is 0 Å². The lowest BCUT2D eigenvalue weighted by Crippen LogP contribution is -2.42. The van der Waals surface area contributed by atoms with Gasteiger partial charge < -0.3 is 4.98 Å². The van der Waals surface area contributed by atoms with Crippen LogP contribution in [-0.4, -0.2) is 22.0 Å². The van der Waals surface area contributed by atoms with Gasteiger partial charge in [-0.15, -0.1) is 0 Å². The van der Waals surface area contributed by atoms with Crippen molar-refractivity contribution >= 4 is 0 Å². The summed E-state index contributed by atoms with van der Waals surface area (Å²) >= 11 is 0. The van der Waals surface area contributed by atoms with E-state index in [4.69, 9.17) is 0 Å². The lowest BCUT2D eigenvalue weighted by atomic mass is 9.91. The Morgan fingerprint density at radius 1 is 0.913 bits per heavy atom. The van der Waals surface area contributed by atoms with Crippen LogP contribution in [-0.2, 0) is 6.54 Å². The van der Waals surface area contributed by atoms with Crippen LogP contribution in [0.15, 0.2) is 42.6 Å². The molecule has 1 aromatic heterocycles. The van der Waals surface area contributed by atoms with Crippen LogP contribution in [0.1, 0.15) is 53.5 Å². The molecule has 1 heterocycles. The number of H-pyrrole nitrogens is 1. The topological polar surface area (TPSA) is 19.0 Å². The first kappa shape index (κ1) is 17.8. The molecule has 0 aliphatic heterocycles. The van der Waals surface area contributed by atoms with Gasteiger partial charge in [-0.3, -0.25) is 4.90 Å². The third-order valence-electron chi connectivity index (χ3n) is 4.32. The van der Waals surface area contributed by atoms with Crippen molar-refractivity contribution in [3.63, 3.8) is 0 Å². The molecule has 0 unspecified atom stereocenters. The molecular weight excluding hydrogens is 280 g/mol. The van der Waals surface area contributed by atoms with Crippen LogP contribution in [0.2, 0.25) is 0 Å². The molecule has 0 aliphatic carbocycles. The minimum atomic E-state index is 0.184. The summed E-state index contributed by atoms with van der Waals surface area (Å²) in [7, 11) is 0. The maximum absolute atomic E-state index is 3.26. The first-order chi connectivity index (χ1) is 10.6. The first-order valence-electron chi connectivity index (χ1n) is 8.63. The fourth-order valence-corrected chi connectivity index (χ4v) is 2.64. The highest BCUT2D eigenvalue weighted by Gasteiger charge is 2.23. The number of hydrogen-bond donors (Lipinski definition) is 1. The fraction of sp³-hybridized carbons (Fsp3) is 0.524. The van der Waals surface area contributed by atoms with Crippen molar-refractivity contribution in [2.45, 2.75) is 60.0 Å². The van der Waals surface area contributed by atoms with Crippen LogP contribution >= 0.6 is 0 Å². The Morgan fingerprint density at radius 2 is 1.57 bits per heavy atom. The van der Waals surface area contributed by atoms with Crippen LogP contribution in [0.3, 0.4) is 0 Å². The van der Waals surface area contributed by atoms with Gasteiger partial charge in [0.2, 0.25) is 0 Å². The third-order valence-corrected chi connectivity index (χ3v) is 4.32. The Balaban J connectivity index is 2.07. The van der Waals surface area contributed by atoms with Crippen LogP contribution in [0.5, 0.6) is 0 Å². The minimum absolute atomic E-state index is 0.184. The van der Waals surface area contributed by atoms with E-state index in [0.29, 0.717) is 5.41 Å². The van der Waals surface area contributed by atoms with Crippen LogP contribution in [0, 0.1) is 5.41 Å². The second-order valence-electron chi connectivity index (χ2n) is 8.68. The molecule has 0 radical (unpaired) electrons. The maximum atomic E-state index is 3.26. The van der Waals surface area contributed by atoms with Gasteiger partial charge in [-0.2, -0.15) is 0 Å². The zero-order valence-corrected chi connectivity index (χ0v) is 15.6. The van der Waals surface area contributed by atoms with Gasteiger partial charge in [-0.1, -0.05) is 45.0 Å². The zero-order chi connectivity index (χ0) is 17.1. The summed E-state index contributed by atoms with van der Waals surface area (Å²) < 4.78 is 0. The minimum Gasteiger partial charge on any atom is -0.361 e. The fourth-order valence-electron chi connectivity index (χ4n) is 2.64. The van der Waals surface area contributed by atoms with E-state index in [0.717, 1.165) is 13.1 Å². The van der Waals surface area contributed by atoms with E-state index in [1.54, 1.807) is 0 Å². The van der Waals surface area contributed by atoms with Crippen LogP contribution < -0.4 is 0 Å². The van der Waals surface area contributed by atoms with Crippen LogP contribution in [0.25, 0.3) is 11.3 Å². The van der Waals surface area contributed by atoms with Gasteiger partial charge in [0, 0.05) is 24.0 Å². The standard InChI is InChI=1S/C21H32N2/c1-20(2,3)13-15-23(21(4,5)6)16-17-9-11-18(12-10-17)19-8-7-14-22-19/h7-12,14,22H,13,15-16H2,1-6H3. The van der Waals surface area contributed by atoms with Gasteiger partial charge in [0.1, 0.15) is 0 Å². The predicted molar refractivity (Wildman–Crippen MR) is 100 cm³/mol. The number of nitrogens with one attached hydrogen (secondary N) is 1. The molecule has 1 aromatic carbocycles. The van der Waals surface area contributed by atoms with E-state index < -0.39 is 0 Å². The van der Waals surface area contributed by atoms with E-state index in [1.807, 2.05) is 12.3 Å². The van der Waals surface area contributed by atoms with Crippen molar-refractivity contribution in [3.8, 4) is 11.3 Å². The lowest BCUT2D eigenvalue weighted by Gasteiger charge is -2.37. The predicted octanol–water partition coefficient (Wildman–Crippen LogP) is 5.72. The second kappa shape index (κ2) is 6.92. The summed E-state index contributed by atoms with van der Waals surface area (Å²) in [6, 6.07) is 13.1. The Bertz CT molecular complexity index is 580. The van der Waals surface area contributed by atoms with Gasteiger partial charge >= 0.3 is 0 Å². The Morgan fingerprint density at radius 3 is 2.04 bits per heavy atom. The van der Waals surface area contributed by atoms with Gasteiger partial charge in [-0.25, -0.2) is 0 Å². The van der Waals surface area contributed by atoms with Gasteiger partial charge in [0.05, 0.1) is 0 Å². The highest BCUT2D eigenvalue weighted by molar-refractivity contribution is 5.59. The number of aromatic nitrogens is 1. The molecule has 2 nitrogen and oxygen atoms in total. The summed E-state index contributed by atoms with van der Waals surface area (Å²) in [6.07, 6.45) is 3.18. The van der Waals surface area contributed by atoms with E-state index >= 15 is 0 Å². The summed E-state index contributed by atoms with van der Waals surface area (Å²) in [5.74, 6) is 0. The summed E-state index contributed by atoms with van der Waals surface area (Å²) in [4.78, 5) is 5.85. The molecule has 126 valence electrons. The van der Waals surface area contributed by atoms with Gasteiger partial charge in [0.15, 0.2) is 0 Å². The lowest BCUT2D eigenvalue weighted by molar-refractivity contribution is 0.110. The zero-order valence-electron chi connectivity index (χ0n) is 15.6. The molecule has 0 saturated heterocycles. The number of rotatable bonds is 5. The number of benzene rings is 1.